The van der Waals surface area contributed by atoms with Gasteiger partial charge in [0.05, 0.1) is 20.8 Å². The number of aromatic nitrogens is 3. The van der Waals surface area contributed by atoms with Gasteiger partial charge in [-0.1, -0.05) is 29.4 Å². The van der Waals surface area contributed by atoms with Gasteiger partial charge in [0, 0.05) is 36.2 Å². The molecule has 0 bridgehead atoms. The lowest BCUT2D eigenvalue weighted by Crippen LogP contribution is -2.41. The first-order valence-electron chi connectivity index (χ1n) is 11.6. The molecule has 2 aromatic carbocycles. The number of carbonyl (C=O) groups is 1. The van der Waals surface area contributed by atoms with E-state index in [-0.39, 0.29) is 18.4 Å². The number of amides is 1. The van der Waals surface area contributed by atoms with E-state index < -0.39 is 0 Å². The summed E-state index contributed by atoms with van der Waals surface area (Å²) in [4.78, 5) is 23.7. The second kappa shape index (κ2) is 10.0. The highest BCUT2D eigenvalue weighted by Crippen LogP contribution is 2.33. The van der Waals surface area contributed by atoms with Crippen molar-refractivity contribution in [3.8, 4) is 22.9 Å². The fourth-order valence-corrected chi connectivity index (χ4v) is 4.40. The number of pyridine rings is 1. The van der Waals surface area contributed by atoms with Crippen molar-refractivity contribution in [2.24, 2.45) is 0 Å². The zero-order valence-corrected chi connectivity index (χ0v) is 19.7. The third-order valence-corrected chi connectivity index (χ3v) is 6.36. The molecule has 0 unspecified atom stereocenters. The van der Waals surface area contributed by atoms with Crippen LogP contribution in [0.15, 0.2) is 59.3 Å². The lowest BCUT2D eigenvalue weighted by Gasteiger charge is -2.30. The molecule has 1 aliphatic heterocycles. The molecule has 0 aliphatic carbocycles. The van der Waals surface area contributed by atoms with Crippen molar-refractivity contribution in [1.29, 1.82) is 0 Å². The summed E-state index contributed by atoms with van der Waals surface area (Å²) in [5.74, 6) is 3.24. The second-order valence-corrected chi connectivity index (χ2v) is 8.42. The Bertz CT molecular complexity index is 1330. The molecule has 35 heavy (non-hydrogen) atoms. The van der Waals surface area contributed by atoms with Crippen LogP contribution in [0.25, 0.3) is 22.2 Å². The van der Waals surface area contributed by atoms with E-state index >= 15 is 0 Å². The summed E-state index contributed by atoms with van der Waals surface area (Å²) in [5, 5.41) is 9.45. The van der Waals surface area contributed by atoms with Crippen LogP contribution < -0.4 is 14.8 Å². The van der Waals surface area contributed by atoms with Gasteiger partial charge in [0.15, 0.2) is 11.5 Å². The SMILES string of the molecule is COc1ccc(-c2noc(C3CCN(C(=O)CNc4nccc5ccccc45)CC3)n2)cc1OC. The lowest BCUT2D eigenvalue weighted by molar-refractivity contribution is -0.130. The Kier molecular flexibility index (Phi) is 6.47. The number of hydrogen-bond acceptors (Lipinski definition) is 8. The Labute approximate surface area is 203 Å². The van der Waals surface area contributed by atoms with Crippen molar-refractivity contribution in [3.05, 3.63) is 60.6 Å². The molecule has 0 atom stereocenters. The van der Waals surface area contributed by atoms with Gasteiger partial charge in [-0.05, 0) is 42.5 Å². The highest BCUT2D eigenvalue weighted by atomic mass is 16.5. The zero-order chi connectivity index (χ0) is 24.2. The molecule has 9 nitrogen and oxygen atoms in total. The average molecular weight is 474 g/mol. The summed E-state index contributed by atoms with van der Waals surface area (Å²) in [6.45, 7) is 1.49. The summed E-state index contributed by atoms with van der Waals surface area (Å²) >= 11 is 0. The van der Waals surface area contributed by atoms with E-state index in [1.807, 2.05) is 53.4 Å². The molecule has 0 saturated carbocycles. The summed E-state index contributed by atoms with van der Waals surface area (Å²) in [6.07, 6.45) is 3.29. The van der Waals surface area contributed by atoms with E-state index in [2.05, 4.69) is 20.4 Å². The van der Waals surface area contributed by atoms with Crippen LogP contribution in [0.4, 0.5) is 5.82 Å². The van der Waals surface area contributed by atoms with Crippen LogP contribution >= 0.6 is 0 Å². The van der Waals surface area contributed by atoms with Gasteiger partial charge in [-0.2, -0.15) is 4.98 Å². The van der Waals surface area contributed by atoms with Crippen molar-refractivity contribution in [1.82, 2.24) is 20.0 Å². The number of nitrogens with one attached hydrogen (secondary N) is 1. The van der Waals surface area contributed by atoms with Gasteiger partial charge < -0.3 is 24.2 Å². The minimum absolute atomic E-state index is 0.0507. The number of ether oxygens (including phenoxy) is 2. The molecule has 5 rings (SSSR count). The molecule has 180 valence electrons. The number of methoxy groups -OCH3 is 2. The van der Waals surface area contributed by atoms with Crippen LogP contribution in [0.2, 0.25) is 0 Å². The normalized spacial score (nSPS) is 14.2. The summed E-state index contributed by atoms with van der Waals surface area (Å²) in [7, 11) is 3.18. The summed E-state index contributed by atoms with van der Waals surface area (Å²) in [5.41, 5.74) is 0.790. The predicted molar refractivity (Wildman–Crippen MR) is 132 cm³/mol. The van der Waals surface area contributed by atoms with Crippen molar-refractivity contribution < 1.29 is 18.8 Å². The molecule has 0 radical (unpaired) electrons. The molecule has 2 aromatic heterocycles. The molecule has 3 heterocycles. The maximum absolute atomic E-state index is 12.8. The van der Waals surface area contributed by atoms with Gasteiger partial charge in [-0.3, -0.25) is 4.79 Å². The first-order chi connectivity index (χ1) is 17.2. The predicted octanol–water partition coefficient (Wildman–Crippen LogP) is 4.12. The number of piperidine rings is 1. The van der Waals surface area contributed by atoms with E-state index in [1.54, 1.807) is 20.4 Å². The largest absolute Gasteiger partial charge is 0.493 e. The Balaban J connectivity index is 1.18. The number of nitrogens with zero attached hydrogens (tertiary/aromatic N) is 4. The Hall–Kier alpha value is -4.14. The topological polar surface area (TPSA) is 103 Å². The van der Waals surface area contributed by atoms with E-state index in [4.69, 9.17) is 14.0 Å². The van der Waals surface area contributed by atoms with Crippen LogP contribution in [0.3, 0.4) is 0 Å². The second-order valence-electron chi connectivity index (χ2n) is 8.42. The number of anilines is 1. The molecule has 4 aromatic rings. The quantitative estimate of drug-likeness (QED) is 0.428. The maximum atomic E-state index is 12.8. The molecule has 1 N–H and O–H groups in total. The van der Waals surface area contributed by atoms with Gasteiger partial charge in [0.2, 0.25) is 17.6 Å². The highest BCUT2D eigenvalue weighted by Gasteiger charge is 2.28. The first kappa shape index (κ1) is 22.6. The van der Waals surface area contributed by atoms with E-state index in [0.29, 0.717) is 36.3 Å². The van der Waals surface area contributed by atoms with Crippen molar-refractivity contribution in [3.63, 3.8) is 0 Å². The number of rotatable bonds is 7. The van der Waals surface area contributed by atoms with Gasteiger partial charge in [-0.25, -0.2) is 4.98 Å². The molecule has 1 fully saturated rings. The van der Waals surface area contributed by atoms with Gasteiger partial charge in [0.1, 0.15) is 5.82 Å². The highest BCUT2D eigenvalue weighted by molar-refractivity contribution is 5.93. The minimum atomic E-state index is 0.0507. The molecule has 9 heteroatoms. The minimum Gasteiger partial charge on any atom is -0.493 e. The van der Waals surface area contributed by atoms with E-state index in [9.17, 15) is 4.79 Å². The summed E-state index contributed by atoms with van der Waals surface area (Å²) < 4.78 is 16.2. The Morgan fingerprint density at radius 1 is 1.09 bits per heavy atom. The van der Waals surface area contributed by atoms with E-state index in [1.165, 1.54) is 0 Å². The standard InChI is InChI=1S/C26H27N5O4/c1-33-21-8-7-19(15-22(21)34-2)24-29-26(35-30-24)18-10-13-31(14-11-18)23(32)16-28-25-20-6-4-3-5-17(20)9-12-27-25/h3-9,12,15,18H,10-11,13-14,16H2,1-2H3,(H,27,28). The molecular weight excluding hydrogens is 446 g/mol. The first-order valence-corrected chi connectivity index (χ1v) is 11.6. The van der Waals surface area contributed by atoms with Crippen molar-refractivity contribution in [2.75, 3.05) is 39.2 Å². The summed E-state index contributed by atoms with van der Waals surface area (Å²) in [6, 6.07) is 15.5. The van der Waals surface area contributed by atoms with Crippen LogP contribution in [-0.2, 0) is 4.79 Å². The van der Waals surface area contributed by atoms with Crippen LogP contribution in [0.5, 0.6) is 11.5 Å². The van der Waals surface area contributed by atoms with Crippen LogP contribution in [0, 0.1) is 0 Å². The number of hydrogen-bond donors (Lipinski definition) is 1. The average Bonchev–Trinajstić information content (AvgIpc) is 3.42. The maximum Gasteiger partial charge on any atom is 0.241 e. The Morgan fingerprint density at radius 2 is 1.89 bits per heavy atom. The van der Waals surface area contributed by atoms with Gasteiger partial charge in [-0.15, -0.1) is 0 Å². The molecule has 1 saturated heterocycles. The van der Waals surface area contributed by atoms with Crippen LogP contribution in [0.1, 0.15) is 24.7 Å². The molecular formula is C26H27N5O4. The van der Waals surface area contributed by atoms with Gasteiger partial charge in [0.25, 0.3) is 0 Å². The Morgan fingerprint density at radius 3 is 2.69 bits per heavy atom. The number of carbonyl (C=O) groups excluding carboxylic acids is 1. The fourth-order valence-electron chi connectivity index (χ4n) is 4.40. The molecule has 0 spiro atoms. The number of likely N-dealkylation sites (tertiary alicyclic amines) is 1. The van der Waals surface area contributed by atoms with E-state index in [0.717, 1.165) is 35.0 Å². The number of benzene rings is 2. The lowest BCUT2D eigenvalue weighted by atomic mass is 9.96. The van der Waals surface area contributed by atoms with Crippen molar-refractivity contribution in [2.45, 2.75) is 18.8 Å². The van der Waals surface area contributed by atoms with Crippen molar-refractivity contribution >= 4 is 22.5 Å². The fraction of sp³-hybridized carbons (Fsp3) is 0.308. The molecule has 1 amide bonds. The van der Waals surface area contributed by atoms with Crippen LogP contribution in [-0.4, -0.2) is 59.8 Å². The smallest absolute Gasteiger partial charge is 0.241 e. The number of fused-ring (bicyclic) bond motifs is 1. The van der Waals surface area contributed by atoms with Gasteiger partial charge >= 0.3 is 0 Å². The third kappa shape index (κ3) is 4.75. The zero-order valence-electron chi connectivity index (χ0n) is 19.7. The molecule has 1 aliphatic rings. The monoisotopic (exact) mass is 473 g/mol. The third-order valence-electron chi connectivity index (χ3n) is 6.36.